The molecule has 0 unspecified atom stereocenters. The summed E-state index contributed by atoms with van der Waals surface area (Å²) >= 11 is 0. The molecule has 3 aromatic carbocycles. The molecular weight excluding hydrogens is 355 g/mol. The summed E-state index contributed by atoms with van der Waals surface area (Å²) in [5.41, 5.74) is 4.36. The second kappa shape index (κ2) is 8.13. The molecule has 0 saturated heterocycles. The van der Waals surface area contributed by atoms with E-state index in [1.807, 2.05) is 30.3 Å². The maximum Gasteiger partial charge on any atom is 0.262 e. The quantitative estimate of drug-likeness (QED) is 0.693. The highest BCUT2D eigenvalue weighted by molar-refractivity contribution is 5.92. The maximum atomic E-state index is 13.6. The van der Waals surface area contributed by atoms with Crippen molar-refractivity contribution in [1.82, 2.24) is 0 Å². The fourth-order valence-electron chi connectivity index (χ4n) is 3.45. The van der Waals surface area contributed by atoms with Gasteiger partial charge in [-0.1, -0.05) is 48.5 Å². The number of benzene rings is 3. The Morgan fingerprint density at radius 2 is 1.75 bits per heavy atom. The van der Waals surface area contributed by atoms with Gasteiger partial charge in [-0.15, -0.1) is 0 Å². The van der Waals surface area contributed by atoms with Crippen LogP contribution in [0.15, 0.2) is 72.8 Å². The smallest absolute Gasteiger partial charge is 0.262 e. The molecule has 142 valence electrons. The Morgan fingerprint density at radius 3 is 2.64 bits per heavy atom. The molecule has 0 atom stereocenters. The Labute approximate surface area is 163 Å². The van der Waals surface area contributed by atoms with E-state index in [9.17, 15) is 9.18 Å². The summed E-state index contributed by atoms with van der Waals surface area (Å²) in [4.78, 5) is 14.6. The highest BCUT2D eigenvalue weighted by Crippen LogP contribution is 2.30. The molecule has 1 amide bonds. The van der Waals surface area contributed by atoms with Gasteiger partial charge in [-0.3, -0.25) is 4.79 Å². The number of amides is 1. The normalized spacial score (nSPS) is 12.5. The predicted molar refractivity (Wildman–Crippen MR) is 108 cm³/mol. The van der Waals surface area contributed by atoms with Crippen molar-refractivity contribution < 1.29 is 13.9 Å². The lowest BCUT2D eigenvalue weighted by molar-refractivity contribution is -0.118. The lowest BCUT2D eigenvalue weighted by atomic mass is 10.1. The van der Waals surface area contributed by atoms with Crippen LogP contribution < -0.4 is 15.0 Å². The number of ether oxygens (including phenoxy) is 1. The molecule has 1 N–H and O–H groups in total. The zero-order chi connectivity index (χ0) is 19.3. The number of hydrogen-bond acceptors (Lipinski definition) is 3. The van der Waals surface area contributed by atoms with E-state index < -0.39 is 5.82 Å². The topological polar surface area (TPSA) is 41.6 Å². The van der Waals surface area contributed by atoms with Gasteiger partial charge < -0.3 is 15.0 Å². The zero-order valence-electron chi connectivity index (χ0n) is 15.4. The lowest BCUT2D eigenvalue weighted by Crippen LogP contribution is -2.24. The fourth-order valence-corrected chi connectivity index (χ4v) is 3.45. The van der Waals surface area contributed by atoms with Crippen molar-refractivity contribution in [3.63, 3.8) is 0 Å². The monoisotopic (exact) mass is 376 g/mol. The summed E-state index contributed by atoms with van der Waals surface area (Å²) in [6, 6.07) is 22.2. The molecule has 0 saturated carbocycles. The molecule has 0 spiro atoms. The largest absolute Gasteiger partial charge is 0.481 e. The van der Waals surface area contributed by atoms with Gasteiger partial charge >= 0.3 is 0 Å². The van der Waals surface area contributed by atoms with Crippen LogP contribution in [-0.4, -0.2) is 19.1 Å². The number of nitrogens with zero attached hydrogens (tertiary/aromatic N) is 1. The standard InChI is InChI=1S/C23H21FN2O2/c24-19-9-3-6-12-22(19)28-16-23(27)25-20-10-4-1-8-18(20)15-26-14-13-17-7-2-5-11-21(17)26/h1-12H,13-16H2,(H,25,27). The molecule has 0 radical (unpaired) electrons. The molecule has 0 aromatic heterocycles. The van der Waals surface area contributed by atoms with Crippen molar-refractivity contribution in [3.05, 3.63) is 89.7 Å². The van der Waals surface area contributed by atoms with Crippen molar-refractivity contribution >= 4 is 17.3 Å². The van der Waals surface area contributed by atoms with Crippen LogP contribution in [-0.2, 0) is 17.8 Å². The molecule has 0 fully saturated rings. The molecular formula is C23H21FN2O2. The van der Waals surface area contributed by atoms with E-state index in [-0.39, 0.29) is 18.3 Å². The molecule has 0 aliphatic carbocycles. The molecule has 1 heterocycles. The maximum absolute atomic E-state index is 13.6. The number of carbonyl (C=O) groups is 1. The number of carbonyl (C=O) groups excluding carboxylic acids is 1. The van der Waals surface area contributed by atoms with Crippen molar-refractivity contribution in [2.45, 2.75) is 13.0 Å². The van der Waals surface area contributed by atoms with E-state index >= 15 is 0 Å². The molecule has 4 nitrogen and oxygen atoms in total. The van der Waals surface area contributed by atoms with Crippen LogP contribution >= 0.6 is 0 Å². The molecule has 1 aliphatic heterocycles. The van der Waals surface area contributed by atoms with E-state index in [1.54, 1.807) is 12.1 Å². The molecule has 28 heavy (non-hydrogen) atoms. The van der Waals surface area contributed by atoms with Crippen LogP contribution in [0, 0.1) is 5.82 Å². The van der Waals surface area contributed by atoms with Gasteiger partial charge in [0.05, 0.1) is 0 Å². The van der Waals surface area contributed by atoms with Gasteiger partial charge in [-0.25, -0.2) is 4.39 Å². The van der Waals surface area contributed by atoms with E-state index in [0.29, 0.717) is 6.54 Å². The number of fused-ring (bicyclic) bond motifs is 1. The van der Waals surface area contributed by atoms with E-state index in [4.69, 9.17) is 4.74 Å². The first kappa shape index (κ1) is 18.0. The van der Waals surface area contributed by atoms with Crippen LogP contribution in [0.2, 0.25) is 0 Å². The fraction of sp³-hybridized carbons (Fsp3) is 0.174. The number of hydrogen-bond donors (Lipinski definition) is 1. The Hall–Kier alpha value is -3.34. The highest BCUT2D eigenvalue weighted by atomic mass is 19.1. The van der Waals surface area contributed by atoms with Gasteiger partial charge in [0, 0.05) is 24.5 Å². The molecule has 0 bridgehead atoms. The van der Waals surface area contributed by atoms with Crippen molar-refractivity contribution in [2.75, 3.05) is 23.4 Å². The predicted octanol–water partition coefficient (Wildman–Crippen LogP) is 4.41. The van der Waals surface area contributed by atoms with Crippen LogP contribution in [0.3, 0.4) is 0 Å². The minimum Gasteiger partial charge on any atom is -0.481 e. The Bertz CT molecular complexity index is 990. The third-order valence-corrected chi connectivity index (χ3v) is 4.83. The van der Waals surface area contributed by atoms with E-state index in [0.717, 1.165) is 24.2 Å². The summed E-state index contributed by atoms with van der Waals surface area (Å²) in [6.45, 7) is 1.42. The average molecular weight is 376 g/mol. The Kier molecular flexibility index (Phi) is 5.24. The summed E-state index contributed by atoms with van der Waals surface area (Å²) in [5, 5.41) is 2.89. The van der Waals surface area contributed by atoms with Crippen molar-refractivity contribution in [3.8, 4) is 5.75 Å². The number of rotatable bonds is 6. The highest BCUT2D eigenvalue weighted by Gasteiger charge is 2.19. The van der Waals surface area contributed by atoms with Crippen LogP contribution in [0.5, 0.6) is 5.75 Å². The van der Waals surface area contributed by atoms with Crippen LogP contribution in [0.25, 0.3) is 0 Å². The van der Waals surface area contributed by atoms with Gasteiger partial charge in [0.1, 0.15) is 0 Å². The summed E-state index contributed by atoms with van der Waals surface area (Å²) in [7, 11) is 0. The van der Waals surface area contributed by atoms with Gasteiger partial charge in [-0.2, -0.15) is 0 Å². The molecule has 1 aliphatic rings. The number of nitrogens with one attached hydrogen (secondary N) is 1. The summed E-state index contributed by atoms with van der Waals surface area (Å²) in [6.07, 6.45) is 1.03. The second-order valence-electron chi connectivity index (χ2n) is 6.72. The van der Waals surface area contributed by atoms with Crippen molar-refractivity contribution in [1.29, 1.82) is 0 Å². The molecule has 4 rings (SSSR count). The third kappa shape index (κ3) is 3.98. The zero-order valence-corrected chi connectivity index (χ0v) is 15.4. The molecule has 3 aromatic rings. The van der Waals surface area contributed by atoms with Gasteiger partial charge in [0.25, 0.3) is 5.91 Å². The van der Waals surface area contributed by atoms with Crippen molar-refractivity contribution in [2.24, 2.45) is 0 Å². The average Bonchev–Trinajstić information content (AvgIpc) is 3.12. The first-order chi connectivity index (χ1) is 13.7. The lowest BCUT2D eigenvalue weighted by Gasteiger charge is -2.21. The van der Waals surface area contributed by atoms with Gasteiger partial charge in [0.15, 0.2) is 18.2 Å². The van der Waals surface area contributed by atoms with Gasteiger partial charge in [-0.05, 0) is 41.8 Å². The minimum atomic E-state index is -0.483. The first-order valence-electron chi connectivity index (χ1n) is 9.28. The number of para-hydroxylation sites is 3. The van der Waals surface area contributed by atoms with Crippen LogP contribution in [0.4, 0.5) is 15.8 Å². The van der Waals surface area contributed by atoms with Crippen LogP contribution in [0.1, 0.15) is 11.1 Å². The van der Waals surface area contributed by atoms with E-state index in [2.05, 4.69) is 28.4 Å². The SMILES string of the molecule is O=C(COc1ccccc1F)Nc1ccccc1CN1CCc2ccccc21. The summed E-state index contributed by atoms with van der Waals surface area (Å²) < 4.78 is 18.9. The Balaban J connectivity index is 1.42. The second-order valence-corrected chi connectivity index (χ2v) is 6.72. The minimum absolute atomic E-state index is 0.0691. The van der Waals surface area contributed by atoms with E-state index in [1.165, 1.54) is 23.4 Å². The number of anilines is 2. The summed E-state index contributed by atoms with van der Waals surface area (Å²) in [5.74, 6) is -0.736. The Morgan fingerprint density at radius 1 is 1.00 bits per heavy atom. The molecule has 5 heteroatoms. The number of halogens is 1. The van der Waals surface area contributed by atoms with Gasteiger partial charge in [0.2, 0.25) is 0 Å². The first-order valence-corrected chi connectivity index (χ1v) is 9.28. The third-order valence-electron chi connectivity index (χ3n) is 4.83.